The average Bonchev–Trinajstić information content (AvgIpc) is 2.73. The molecule has 0 atom stereocenters. The molecule has 1 saturated heterocycles. The lowest BCUT2D eigenvalue weighted by Gasteiger charge is -2.30. The summed E-state index contributed by atoms with van der Waals surface area (Å²) in [7, 11) is -4.10. The van der Waals surface area contributed by atoms with Crippen molar-refractivity contribution in [3.63, 3.8) is 0 Å². The number of carbonyl (C=O) groups is 1. The Hall–Kier alpha value is -2.32. The van der Waals surface area contributed by atoms with Crippen molar-refractivity contribution in [2.45, 2.75) is 29.6 Å². The van der Waals surface area contributed by atoms with E-state index in [4.69, 9.17) is 0 Å². The minimum atomic E-state index is -4.10. The summed E-state index contributed by atoms with van der Waals surface area (Å²) >= 11 is 3.30. The first-order chi connectivity index (χ1) is 14.3. The number of halogens is 2. The van der Waals surface area contributed by atoms with E-state index in [9.17, 15) is 17.6 Å². The molecule has 2 heterocycles. The molecule has 3 aromatic rings. The number of aromatic nitrogens is 1. The molecule has 5 nitrogen and oxygen atoms in total. The molecule has 30 heavy (non-hydrogen) atoms. The van der Waals surface area contributed by atoms with Gasteiger partial charge in [0.1, 0.15) is 5.82 Å². The number of pyridine rings is 1. The number of piperidine rings is 1. The van der Waals surface area contributed by atoms with Crippen molar-refractivity contribution in [2.24, 2.45) is 5.92 Å². The van der Waals surface area contributed by atoms with Crippen LogP contribution in [0, 0.1) is 11.7 Å². The van der Waals surface area contributed by atoms with Gasteiger partial charge in [-0.2, -0.15) is 0 Å². The van der Waals surface area contributed by atoms with E-state index < -0.39 is 21.6 Å². The van der Waals surface area contributed by atoms with Crippen molar-refractivity contribution in [3.05, 3.63) is 64.5 Å². The maximum atomic E-state index is 14.1. The summed E-state index contributed by atoms with van der Waals surface area (Å²) in [6.45, 7) is 3.24. The number of carbonyl (C=O) groups excluding carboxylic acids is 1. The summed E-state index contributed by atoms with van der Waals surface area (Å²) in [5.74, 6) is -0.465. The molecular formula is C22H20BrFN2O3S. The number of hydrogen-bond acceptors (Lipinski definition) is 4. The van der Waals surface area contributed by atoms with Crippen LogP contribution in [0.1, 0.15) is 30.1 Å². The van der Waals surface area contributed by atoms with Gasteiger partial charge in [-0.25, -0.2) is 12.8 Å². The lowest BCUT2D eigenvalue weighted by Crippen LogP contribution is -2.38. The molecule has 1 aliphatic heterocycles. The van der Waals surface area contributed by atoms with E-state index >= 15 is 0 Å². The molecule has 0 bridgehead atoms. The summed E-state index contributed by atoms with van der Waals surface area (Å²) in [6, 6.07) is 9.92. The normalized spacial score (nSPS) is 15.5. The Labute approximate surface area is 183 Å². The van der Waals surface area contributed by atoms with Gasteiger partial charge in [0.25, 0.3) is 5.91 Å². The molecule has 0 unspecified atom stereocenters. The molecular weight excluding hydrogens is 471 g/mol. The first kappa shape index (κ1) is 20.9. The third kappa shape index (κ3) is 3.86. The number of amides is 1. The van der Waals surface area contributed by atoms with Crippen LogP contribution in [0.15, 0.2) is 62.9 Å². The van der Waals surface area contributed by atoms with E-state index in [1.54, 1.807) is 17.0 Å². The van der Waals surface area contributed by atoms with Crippen molar-refractivity contribution in [1.29, 1.82) is 0 Å². The van der Waals surface area contributed by atoms with E-state index in [0.717, 1.165) is 23.4 Å². The van der Waals surface area contributed by atoms with Crippen molar-refractivity contribution in [3.8, 4) is 0 Å². The molecule has 0 spiro atoms. The van der Waals surface area contributed by atoms with Crippen LogP contribution in [0.5, 0.6) is 0 Å². The molecule has 0 aliphatic carbocycles. The standard InChI is InChI=1S/C22H20BrFN2O3S/c1-14-8-10-26(11-9-14)22(27)19-13-25-20-7-4-16(24)12-18(20)21(19)30(28,29)17-5-2-15(23)3-6-17/h2-7,12-14H,8-11H2,1H3. The highest BCUT2D eigenvalue weighted by Gasteiger charge is 2.31. The van der Waals surface area contributed by atoms with E-state index in [0.29, 0.717) is 24.5 Å². The third-order valence-electron chi connectivity index (χ3n) is 5.47. The average molecular weight is 491 g/mol. The molecule has 0 N–H and O–H groups in total. The van der Waals surface area contributed by atoms with Crippen LogP contribution in [-0.2, 0) is 9.84 Å². The van der Waals surface area contributed by atoms with Crippen LogP contribution in [-0.4, -0.2) is 37.3 Å². The number of sulfone groups is 1. The molecule has 0 saturated carbocycles. The molecule has 1 fully saturated rings. The smallest absolute Gasteiger partial charge is 0.256 e. The minimum absolute atomic E-state index is 0.0226. The summed E-state index contributed by atoms with van der Waals surface area (Å²) in [5.41, 5.74) is 0.293. The van der Waals surface area contributed by atoms with E-state index in [-0.39, 0.29) is 20.7 Å². The molecule has 1 aromatic heterocycles. The van der Waals surface area contributed by atoms with Crippen LogP contribution in [0.2, 0.25) is 0 Å². The van der Waals surface area contributed by atoms with Gasteiger partial charge in [0.05, 0.1) is 20.9 Å². The van der Waals surface area contributed by atoms with Crippen molar-refractivity contribution in [1.82, 2.24) is 9.88 Å². The van der Waals surface area contributed by atoms with E-state index in [2.05, 4.69) is 27.8 Å². The Balaban J connectivity index is 1.93. The molecule has 1 amide bonds. The first-order valence-electron chi connectivity index (χ1n) is 9.65. The second-order valence-electron chi connectivity index (χ2n) is 7.59. The second kappa shape index (κ2) is 8.07. The summed E-state index contributed by atoms with van der Waals surface area (Å²) in [5, 5.41) is 0.106. The van der Waals surface area contributed by atoms with Crippen molar-refractivity contribution in [2.75, 3.05) is 13.1 Å². The number of fused-ring (bicyclic) bond motifs is 1. The number of nitrogens with zero attached hydrogens (tertiary/aromatic N) is 2. The van der Waals surface area contributed by atoms with Gasteiger partial charge < -0.3 is 4.90 Å². The van der Waals surface area contributed by atoms with Gasteiger partial charge in [0.15, 0.2) is 0 Å². The van der Waals surface area contributed by atoms with Crippen molar-refractivity contribution < 1.29 is 17.6 Å². The topological polar surface area (TPSA) is 67.3 Å². The summed E-state index contributed by atoms with van der Waals surface area (Å²) in [6.07, 6.45) is 3.01. The van der Waals surface area contributed by atoms with Crippen LogP contribution < -0.4 is 0 Å². The van der Waals surface area contributed by atoms with E-state index in [1.807, 2.05) is 0 Å². The Bertz CT molecular complexity index is 1220. The molecule has 4 rings (SSSR count). The fourth-order valence-corrected chi connectivity index (χ4v) is 5.57. The molecule has 1 aliphatic rings. The van der Waals surface area contributed by atoms with Crippen LogP contribution >= 0.6 is 15.9 Å². The third-order valence-corrected chi connectivity index (χ3v) is 7.87. The maximum Gasteiger partial charge on any atom is 0.256 e. The predicted octanol–water partition coefficient (Wildman–Crippen LogP) is 4.84. The number of hydrogen-bond donors (Lipinski definition) is 0. The van der Waals surface area contributed by atoms with Gasteiger partial charge in [0.2, 0.25) is 9.84 Å². The highest BCUT2D eigenvalue weighted by Crippen LogP contribution is 2.33. The largest absolute Gasteiger partial charge is 0.339 e. The summed E-state index contributed by atoms with van der Waals surface area (Å²) < 4.78 is 42.0. The van der Waals surface area contributed by atoms with E-state index in [1.165, 1.54) is 30.5 Å². The quantitative estimate of drug-likeness (QED) is 0.526. The van der Waals surface area contributed by atoms with Crippen LogP contribution in [0.4, 0.5) is 4.39 Å². The predicted molar refractivity (Wildman–Crippen MR) is 116 cm³/mol. The fourth-order valence-electron chi connectivity index (χ4n) is 3.70. The minimum Gasteiger partial charge on any atom is -0.339 e. The molecule has 156 valence electrons. The Kier molecular flexibility index (Phi) is 5.63. The molecule has 2 aromatic carbocycles. The molecule has 0 radical (unpaired) electrons. The lowest BCUT2D eigenvalue weighted by molar-refractivity contribution is 0.0693. The summed E-state index contributed by atoms with van der Waals surface area (Å²) in [4.78, 5) is 19.0. The van der Waals surface area contributed by atoms with Crippen LogP contribution in [0.25, 0.3) is 10.9 Å². The van der Waals surface area contributed by atoms with Gasteiger partial charge >= 0.3 is 0 Å². The Morgan fingerprint density at radius 3 is 2.47 bits per heavy atom. The van der Waals surface area contributed by atoms with Gasteiger partial charge in [-0.05, 0) is 61.2 Å². The lowest BCUT2D eigenvalue weighted by atomic mass is 9.98. The van der Waals surface area contributed by atoms with Crippen molar-refractivity contribution >= 4 is 42.6 Å². The Morgan fingerprint density at radius 1 is 1.13 bits per heavy atom. The second-order valence-corrected chi connectivity index (χ2v) is 10.4. The number of rotatable bonds is 3. The number of benzene rings is 2. The van der Waals surface area contributed by atoms with Gasteiger partial charge in [-0.3, -0.25) is 9.78 Å². The zero-order chi connectivity index (χ0) is 21.5. The first-order valence-corrected chi connectivity index (χ1v) is 11.9. The maximum absolute atomic E-state index is 14.1. The molecule has 8 heteroatoms. The van der Waals surface area contributed by atoms with Gasteiger partial charge in [-0.15, -0.1) is 0 Å². The van der Waals surface area contributed by atoms with Gasteiger partial charge in [-0.1, -0.05) is 22.9 Å². The zero-order valence-electron chi connectivity index (χ0n) is 16.3. The highest BCUT2D eigenvalue weighted by molar-refractivity contribution is 9.10. The zero-order valence-corrected chi connectivity index (χ0v) is 18.7. The Morgan fingerprint density at radius 2 is 1.80 bits per heavy atom. The number of likely N-dealkylation sites (tertiary alicyclic amines) is 1. The van der Waals surface area contributed by atoms with Gasteiger partial charge in [0, 0.05) is 29.1 Å². The monoisotopic (exact) mass is 490 g/mol. The van der Waals surface area contributed by atoms with Crippen LogP contribution in [0.3, 0.4) is 0 Å². The SMILES string of the molecule is CC1CCN(C(=O)c2cnc3ccc(F)cc3c2S(=O)(=O)c2ccc(Br)cc2)CC1. The highest BCUT2D eigenvalue weighted by atomic mass is 79.9. The fraction of sp³-hybridized carbons (Fsp3) is 0.273.